The van der Waals surface area contributed by atoms with Crippen LogP contribution in [-0.2, 0) is 4.79 Å². The molecule has 2 unspecified atom stereocenters. The smallest absolute Gasteiger partial charge is 0.263 e. The number of nitrogens with one attached hydrogen (secondary N) is 2. The first-order chi connectivity index (χ1) is 8.80. The van der Waals surface area contributed by atoms with Gasteiger partial charge in [-0.3, -0.25) is 4.79 Å². The van der Waals surface area contributed by atoms with Crippen molar-refractivity contribution in [2.45, 2.75) is 39.9 Å². The topological polar surface area (TPSA) is 44.4 Å². The second-order valence-electron chi connectivity index (χ2n) is 5.96. The Kier molecular flexibility index (Phi) is 3.39. The van der Waals surface area contributed by atoms with E-state index in [2.05, 4.69) is 31.4 Å². The lowest BCUT2D eigenvalue weighted by molar-refractivity contribution is -0.126. The van der Waals surface area contributed by atoms with Crippen LogP contribution in [0.5, 0.6) is 0 Å². The first-order valence-corrected chi connectivity index (χ1v) is 6.40. The van der Waals surface area contributed by atoms with E-state index in [0.717, 1.165) is 0 Å². The number of amides is 1. The summed E-state index contributed by atoms with van der Waals surface area (Å²) in [5.74, 6) is -0.498. The fraction of sp³-hybridized carbons (Fsp3) is 0.500. The van der Waals surface area contributed by atoms with Crippen molar-refractivity contribution in [2.24, 2.45) is 5.41 Å². The lowest BCUT2D eigenvalue weighted by Gasteiger charge is -2.31. The van der Waals surface area contributed by atoms with Crippen molar-refractivity contribution in [1.82, 2.24) is 15.5 Å². The molecular weight excluding hydrogens is 245 g/mol. The van der Waals surface area contributed by atoms with Gasteiger partial charge in [-0.25, -0.2) is 4.39 Å². The van der Waals surface area contributed by atoms with Crippen molar-refractivity contribution in [2.75, 3.05) is 0 Å². The summed E-state index contributed by atoms with van der Waals surface area (Å²) >= 11 is 0. The summed E-state index contributed by atoms with van der Waals surface area (Å²) in [5, 5.41) is 5.86. The monoisotopic (exact) mass is 265 g/mol. The number of halogens is 1. The van der Waals surface area contributed by atoms with E-state index < -0.39 is 6.17 Å². The van der Waals surface area contributed by atoms with Gasteiger partial charge < -0.3 is 15.5 Å². The molecule has 0 aromatic rings. The van der Waals surface area contributed by atoms with E-state index in [4.69, 9.17) is 0 Å². The van der Waals surface area contributed by atoms with Crippen molar-refractivity contribution in [1.29, 1.82) is 0 Å². The van der Waals surface area contributed by atoms with Gasteiger partial charge in [0.05, 0.1) is 5.70 Å². The van der Waals surface area contributed by atoms with Gasteiger partial charge in [-0.05, 0) is 24.5 Å². The molecule has 2 atom stereocenters. The number of carbonyl (C=O) groups excluding carboxylic acids is 1. The van der Waals surface area contributed by atoms with Crippen LogP contribution in [0.4, 0.5) is 4.39 Å². The number of hydrogen-bond acceptors (Lipinski definition) is 3. The molecule has 0 spiro atoms. The van der Waals surface area contributed by atoms with Gasteiger partial charge in [0.15, 0.2) is 6.17 Å². The minimum atomic E-state index is -0.588. The molecule has 2 heterocycles. The van der Waals surface area contributed by atoms with E-state index >= 15 is 0 Å². The molecule has 4 nitrogen and oxygen atoms in total. The Labute approximate surface area is 113 Å². The predicted molar refractivity (Wildman–Crippen MR) is 72.2 cm³/mol. The van der Waals surface area contributed by atoms with Crippen LogP contribution in [0.25, 0.3) is 0 Å². The van der Waals surface area contributed by atoms with Gasteiger partial charge in [-0.2, -0.15) is 0 Å². The molecule has 0 radical (unpaired) electrons. The van der Waals surface area contributed by atoms with Crippen LogP contribution in [0, 0.1) is 5.41 Å². The summed E-state index contributed by atoms with van der Waals surface area (Å²) < 4.78 is 13.6. The minimum absolute atomic E-state index is 0.0204. The maximum Gasteiger partial charge on any atom is 0.263 e. The molecule has 2 aliphatic heterocycles. The fourth-order valence-electron chi connectivity index (χ4n) is 1.83. The lowest BCUT2D eigenvalue weighted by atomic mass is 9.88. The number of rotatable bonds is 2. The average Bonchev–Trinajstić information content (AvgIpc) is 2.72. The highest BCUT2D eigenvalue weighted by atomic mass is 19.1. The molecule has 1 amide bonds. The Balaban J connectivity index is 2.04. The van der Waals surface area contributed by atoms with Crippen molar-refractivity contribution >= 4 is 5.91 Å². The normalized spacial score (nSPS) is 23.2. The van der Waals surface area contributed by atoms with Gasteiger partial charge in [0.25, 0.3) is 5.91 Å². The standard InChI is InChI=1S/C14H20FN3O/c1-9(14(2,3)4)17-13(19)12-16-8-11-10(15)6-5-7-18(11)12/h5-9,12,16H,1-4H3,(H,17,19). The van der Waals surface area contributed by atoms with Gasteiger partial charge in [0.2, 0.25) is 0 Å². The third-order valence-corrected chi connectivity index (χ3v) is 3.57. The summed E-state index contributed by atoms with van der Waals surface area (Å²) in [7, 11) is 0. The summed E-state index contributed by atoms with van der Waals surface area (Å²) in [4.78, 5) is 13.8. The number of allylic oxidation sites excluding steroid dienone is 3. The van der Waals surface area contributed by atoms with Gasteiger partial charge in [-0.1, -0.05) is 20.8 Å². The summed E-state index contributed by atoms with van der Waals surface area (Å²) in [6, 6.07) is 0.0278. The van der Waals surface area contributed by atoms with Gasteiger partial charge in [0, 0.05) is 18.4 Å². The molecule has 104 valence electrons. The first kappa shape index (κ1) is 13.6. The molecule has 0 fully saturated rings. The number of hydrogen-bond donors (Lipinski definition) is 2. The number of nitrogens with zero attached hydrogens (tertiary/aromatic N) is 1. The molecule has 0 saturated heterocycles. The third kappa shape index (κ3) is 2.64. The van der Waals surface area contributed by atoms with E-state index in [1.807, 2.05) is 6.92 Å². The molecule has 0 aliphatic carbocycles. The van der Waals surface area contributed by atoms with Crippen LogP contribution < -0.4 is 10.6 Å². The summed E-state index contributed by atoms with van der Waals surface area (Å²) in [6.45, 7) is 8.15. The van der Waals surface area contributed by atoms with E-state index in [9.17, 15) is 9.18 Å². The highest BCUT2D eigenvalue weighted by molar-refractivity contribution is 5.83. The van der Waals surface area contributed by atoms with Crippen LogP contribution >= 0.6 is 0 Å². The second kappa shape index (κ2) is 4.72. The van der Waals surface area contributed by atoms with E-state index in [-0.39, 0.29) is 23.2 Å². The predicted octanol–water partition coefficient (Wildman–Crippen LogP) is 1.99. The SMILES string of the molecule is CC(NC(=O)C1NC=C2C(F)=CC=CN21)C(C)(C)C. The molecule has 2 aliphatic rings. The van der Waals surface area contributed by atoms with Crippen LogP contribution in [0.15, 0.2) is 36.1 Å². The number of fused-ring (bicyclic) bond motifs is 1. The summed E-state index contributed by atoms with van der Waals surface area (Å²) in [6.07, 6.45) is 5.60. The Morgan fingerprint density at radius 3 is 2.84 bits per heavy atom. The largest absolute Gasteiger partial charge is 0.361 e. The fourth-order valence-corrected chi connectivity index (χ4v) is 1.83. The Morgan fingerprint density at radius 2 is 2.21 bits per heavy atom. The van der Waals surface area contributed by atoms with Crippen molar-refractivity contribution in [3.63, 3.8) is 0 Å². The van der Waals surface area contributed by atoms with Crippen LogP contribution in [0.2, 0.25) is 0 Å². The van der Waals surface area contributed by atoms with Crippen molar-refractivity contribution < 1.29 is 9.18 Å². The Bertz CT molecular complexity index is 474. The maximum absolute atomic E-state index is 13.6. The Morgan fingerprint density at radius 1 is 1.53 bits per heavy atom. The van der Waals surface area contributed by atoms with E-state index in [0.29, 0.717) is 5.70 Å². The lowest BCUT2D eigenvalue weighted by Crippen LogP contribution is -2.52. The molecule has 2 rings (SSSR count). The Hall–Kier alpha value is -1.78. The van der Waals surface area contributed by atoms with E-state index in [1.165, 1.54) is 12.3 Å². The van der Waals surface area contributed by atoms with Crippen molar-refractivity contribution in [3.05, 3.63) is 36.1 Å². The van der Waals surface area contributed by atoms with E-state index in [1.54, 1.807) is 17.2 Å². The van der Waals surface area contributed by atoms with Crippen molar-refractivity contribution in [3.8, 4) is 0 Å². The minimum Gasteiger partial charge on any atom is -0.361 e. The molecule has 0 aromatic heterocycles. The molecule has 0 saturated carbocycles. The van der Waals surface area contributed by atoms with Gasteiger partial charge in [-0.15, -0.1) is 0 Å². The zero-order valence-electron chi connectivity index (χ0n) is 11.7. The summed E-state index contributed by atoms with van der Waals surface area (Å²) in [5.41, 5.74) is 0.374. The zero-order chi connectivity index (χ0) is 14.2. The molecule has 0 aromatic carbocycles. The first-order valence-electron chi connectivity index (χ1n) is 6.40. The molecule has 19 heavy (non-hydrogen) atoms. The molecule has 2 N–H and O–H groups in total. The third-order valence-electron chi connectivity index (χ3n) is 3.57. The maximum atomic E-state index is 13.6. The molecule has 5 heteroatoms. The van der Waals surface area contributed by atoms with Gasteiger partial charge >= 0.3 is 0 Å². The molecule has 0 bridgehead atoms. The van der Waals surface area contributed by atoms with Crippen LogP contribution in [0.1, 0.15) is 27.7 Å². The quantitative estimate of drug-likeness (QED) is 0.802. The number of carbonyl (C=O) groups is 1. The van der Waals surface area contributed by atoms with Crippen LogP contribution in [0.3, 0.4) is 0 Å². The average molecular weight is 265 g/mol. The second-order valence-corrected chi connectivity index (χ2v) is 5.96. The molecular formula is C14H20FN3O. The zero-order valence-corrected chi connectivity index (χ0v) is 11.7. The highest BCUT2D eigenvalue weighted by Crippen LogP contribution is 2.27. The van der Waals surface area contributed by atoms with Gasteiger partial charge in [0.1, 0.15) is 5.83 Å². The van der Waals surface area contributed by atoms with Crippen LogP contribution in [-0.4, -0.2) is 23.0 Å². The highest BCUT2D eigenvalue weighted by Gasteiger charge is 2.34.